The van der Waals surface area contributed by atoms with Crippen molar-refractivity contribution in [2.45, 2.75) is 0 Å². The van der Waals surface area contributed by atoms with Gasteiger partial charge in [0.1, 0.15) is 12.4 Å². The van der Waals surface area contributed by atoms with E-state index in [1.807, 2.05) is 0 Å². The first-order valence-electron chi connectivity index (χ1n) is 6.32. The van der Waals surface area contributed by atoms with E-state index in [1.165, 1.54) is 4.90 Å². The lowest BCUT2D eigenvalue weighted by atomic mass is 10.1. The Hall–Kier alpha value is -2.01. The molecule has 5 nitrogen and oxygen atoms in total. The molecule has 1 saturated heterocycles. The summed E-state index contributed by atoms with van der Waals surface area (Å²) in [4.78, 5) is 25.2. The molecule has 104 valence electrons. The minimum Gasteiger partial charge on any atom is -0.488 e. The average molecular weight is 293 g/mol. The van der Waals surface area contributed by atoms with Crippen LogP contribution in [0.25, 0.3) is 6.08 Å². The van der Waals surface area contributed by atoms with Crippen molar-refractivity contribution in [2.24, 2.45) is 0 Å². The fourth-order valence-corrected chi connectivity index (χ4v) is 2.47. The second-order valence-corrected chi connectivity index (χ2v) is 5.15. The van der Waals surface area contributed by atoms with Crippen LogP contribution in [0.4, 0.5) is 0 Å². The Kier molecular flexibility index (Phi) is 3.36. The summed E-state index contributed by atoms with van der Waals surface area (Å²) in [6.45, 7) is 1.32. The van der Waals surface area contributed by atoms with E-state index < -0.39 is 0 Å². The van der Waals surface area contributed by atoms with Gasteiger partial charge in [-0.05, 0) is 24.3 Å². The number of carbonyl (C=O) groups is 2. The van der Waals surface area contributed by atoms with Crippen molar-refractivity contribution < 1.29 is 14.3 Å². The average Bonchev–Trinajstić information content (AvgIpc) is 2.45. The van der Waals surface area contributed by atoms with Gasteiger partial charge in [-0.2, -0.15) is 0 Å². The molecule has 0 radical (unpaired) electrons. The predicted octanol–water partition coefficient (Wildman–Crippen LogP) is 1.07. The number of ether oxygens (including phenoxy) is 1. The summed E-state index contributed by atoms with van der Waals surface area (Å²) in [6, 6.07) is 5.28. The molecule has 0 aliphatic carbocycles. The monoisotopic (exact) mass is 292 g/mol. The number of hydrogen-bond acceptors (Lipinski definition) is 3. The van der Waals surface area contributed by atoms with Gasteiger partial charge in [0.25, 0.3) is 5.91 Å². The van der Waals surface area contributed by atoms with Gasteiger partial charge in [0.15, 0.2) is 0 Å². The summed E-state index contributed by atoms with van der Waals surface area (Å²) in [5.74, 6) is 0.415. The number of rotatable bonds is 1. The Morgan fingerprint density at radius 1 is 1.40 bits per heavy atom. The number of nitrogens with zero attached hydrogens (tertiary/aromatic N) is 1. The van der Waals surface area contributed by atoms with Crippen LogP contribution in [0.3, 0.4) is 0 Å². The van der Waals surface area contributed by atoms with Gasteiger partial charge in [-0.3, -0.25) is 9.59 Å². The zero-order chi connectivity index (χ0) is 14.1. The molecule has 20 heavy (non-hydrogen) atoms. The van der Waals surface area contributed by atoms with E-state index in [1.54, 1.807) is 24.3 Å². The van der Waals surface area contributed by atoms with Crippen molar-refractivity contribution in [2.75, 3.05) is 26.2 Å². The molecule has 0 atom stereocenters. The highest BCUT2D eigenvalue weighted by Crippen LogP contribution is 2.29. The molecule has 0 saturated carbocycles. The van der Waals surface area contributed by atoms with Crippen molar-refractivity contribution in [3.05, 3.63) is 34.4 Å². The highest BCUT2D eigenvalue weighted by Gasteiger charge is 2.26. The van der Waals surface area contributed by atoms with Crippen molar-refractivity contribution in [1.29, 1.82) is 0 Å². The van der Waals surface area contributed by atoms with Gasteiger partial charge in [0.05, 0.1) is 12.1 Å². The van der Waals surface area contributed by atoms with Crippen molar-refractivity contribution >= 4 is 29.5 Å². The molecule has 2 heterocycles. The Morgan fingerprint density at radius 3 is 3.05 bits per heavy atom. The fourth-order valence-electron chi connectivity index (χ4n) is 2.29. The molecule has 3 rings (SSSR count). The molecule has 1 aromatic rings. The molecular formula is C14H13ClN2O3. The lowest BCUT2D eigenvalue weighted by Crippen LogP contribution is -2.50. The Morgan fingerprint density at radius 2 is 2.25 bits per heavy atom. The number of carbonyl (C=O) groups excluding carboxylic acids is 2. The SMILES string of the molecule is O=C1CN(C(=O)C2=Cc3cc(Cl)ccc3OC2)CCN1. The third-order valence-electron chi connectivity index (χ3n) is 3.29. The molecular weight excluding hydrogens is 280 g/mol. The minimum atomic E-state index is -0.162. The van der Waals surface area contributed by atoms with Crippen LogP contribution in [0, 0.1) is 0 Å². The molecule has 0 aromatic heterocycles. The van der Waals surface area contributed by atoms with Crippen LogP contribution < -0.4 is 10.1 Å². The molecule has 1 fully saturated rings. The van der Waals surface area contributed by atoms with Gasteiger partial charge < -0.3 is 15.0 Å². The first kappa shape index (κ1) is 13.0. The number of benzene rings is 1. The van der Waals surface area contributed by atoms with Crippen LogP contribution in [0.15, 0.2) is 23.8 Å². The van der Waals surface area contributed by atoms with Crippen LogP contribution in [-0.4, -0.2) is 43.0 Å². The normalized spacial score (nSPS) is 17.8. The van der Waals surface area contributed by atoms with E-state index >= 15 is 0 Å². The molecule has 0 spiro atoms. The van der Waals surface area contributed by atoms with Crippen LogP contribution in [0.2, 0.25) is 5.02 Å². The van der Waals surface area contributed by atoms with Gasteiger partial charge in [-0.15, -0.1) is 0 Å². The second kappa shape index (κ2) is 5.17. The van der Waals surface area contributed by atoms with Crippen LogP contribution in [0.5, 0.6) is 5.75 Å². The van der Waals surface area contributed by atoms with Gasteiger partial charge in [-0.25, -0.2) is 0 Å². The quantitative estimate of drug-likeness (QED) is 0.842. The summed E-state index contributed by atoms with van der Waals surface area (Å²) in [6.07, 6.45) is 1.78. The topological polar surface area (TPSA) is 58.6 Å². The fraction of sp³-hybridized carbons (Fsp3) is 0.286. The molecule has 0 bridgehead atoms. The maximum atomic E-state index is 12.4. The highest BCUT2D eigenvalue weighted by molar-refractivity contribution is 6.30. The van der Waals surface area contributed by atoms with E-state index in [0.717, 1.165) is 5.56 Å². The largest absolute Gasteiger partial charge is 0.488 e. The van der Waals surface area contributed by atoms with Crippen molar-refractivity contribution in [1.82, 2.24) is 10.2 Å². The molecule has 2 aliphatic heterocycles. The maximum Gasteiger partial charge on any atom is 0.253 e. The zero-order valence-electron chi connectivity index (χ0n) is 10.7. The van der Waals surface area contributed by atoms with Crippen molar-refractivity contribution in [3.8, 4) is 5.75 Å². The van der Waals surface area contributed by atoms with E-state index in [0.29, 0.717) is 29.4 Å². The predicted molar refractivity (Wildman–Crippen MR) is 74.5 cm³/mol. The first-order chi connectivity index (χ1) is 9.63. The lowest BCUT2D eigenvalue weighted by molar-refractivity contribution is -0.135. The summed E-state index contributed by atoms with van der Waals surface area (Å²) in [5.41, 5.74) is 1.32. The van der Waals surface area contributed by atoms with E-state index in [2.05, 4.69) is 5.32 Å². The van der Waals surface area contributed by atoms with Gasteiger partial charge in [0, 0.05) is 23.7 Å². The maximum absolute atomic E-state index is 12.4. The highest BCUT2D eigenvalue weighted by atomic mass is 35.5. The van der Waals surface area contributed by atoms with Crippen LogP contribution in [-0.2, 0) is 9.59 Å². The lowest BCUT2D eigenvalue weighted by Gasteiger charge is -2.28. The summed E-state index contributed by atoms with van der Waals surface area (Å²) < 4.78 is 5.55. The third kappa shape index (κ3) is 2.49. The third-order valence-corrected chi connectivity index (χ3v) is 3.52. The van der Waals surface area contributed by atoms with E-state index in [9.17, 15) is 9.59 Å². The van der Waals surface area contributed by atoms with E-state index in [4.69, 9.17) is 16.3 Å². The molecule has 6 heteroatoms. The summed E-state index contributed by atoms with van der Waals surface area (Å²) in [5, 5.41) is 3.28. The van der Waals surface area contributed by atoms with E-state index in [-0.39, 0.29) is 25.0 Å². The molecule has 2 amide bonds. The zero-order valence-corrected chi connectivity index (χ0v) is 11.4. The molecule has 0 unspecified atom stereocenters. The smallest absolute Gasteiger partial charge is 0.253 e. The summed E-state index contributed by atoms with van der Waals surface area (Å²) in [7, 11) is 0. The molecule has 1 N–H and O–H groups in total. The van der Waals surface area contributed by atoms with Gasteiger partial charge in [0.2, 0.25) is 5.91 Å². The van der Waals surface area contributed by atoms with Gasteiger partial charge in [-0.1, -0.05) is 11.6 Å². The number of halogens is 1. The van der Waals surface area contributed by atoms with Crippen LogP contribution in [0.1, 0.15) is 5.56 Å². The Bertz CT molecular complexity index is 612. The van der Waals surface area contributed by atoms with Gasteiger partial charge >= 0.3 is 0 Å². The van der Waals surface area contributed by atoms with Crippen LogP contribution >= 0.6 is 11.6 Å². The standard InChI is InChI=1S/C14H13ClN2O3/c15-11-1-2-12-9(6-11)5-10(8-20-12)14(19)17-4-3-16-13(18)7-17/h1-2,5-6H,3-4,7-8H2,(H,16,18). The first-order valence-corrected chi connectivity index (χ1v) is 6.70. The minimum absolute atomic E-state index is 0.0958. The number of hydrogen-bond donors (Lipinski definition) is 1. The molecule has 2 aliphatic rings. The van der Waals surface area contributed by atoms with Crippen molar-refractivity contribution in [3.63, 3.8) is 0 Å². The second-order valence-electron chi connectivity index (χ2n) is 4.72. The Labute approximate surface area is 121 Å². The number of amides is 2. The number of fused-ring (bicyclic) bond motifs is 1. The summed E-state index contributed by atoms with van der Waals surface area (Å²) >= 11 is 5.94. The number of nitrogens with one attached hydrogen (secondary N) is 1. The Balaban J connectivity index is 1.84. The molecule has 1 aromatic carbocycles. The number of piperazine rings is 1.